The van der Waals surface area contributed by atoms with Crippen LogP contribution in [0, 0.1) is 20.0 Å². The summed E-state index contributed by atoms with van der Waals surface area (Å²) in [5, 5.41) is 1.43. The van der Waals surface area contributed by atoms with Gasteiger partial charge in [0.1, 0.15) is 0 Å². The number of benzene rings is 1. The maximum absolute atomic E-state index is 7.50. The quantitative estimate of drug-likeness (QED) is 0.451. The number of fused-ring (bicyclic) bond motifs is 1. The van der Waals surface area contributed by atoms with Crippen molar-refractivity contribution in [3.63, 3.8) is 0 Å². The Morgan fingerprint density at radius 1 is 0.955 bits per heavy atom. The Hall–Kier alpha value is -1.27. The van der Waals surface area contributed by atoms with Crippen LogP contribution in [0.25, 0.3) is 10.9 Å². The number of aryl methyl sites for hydroxylation is 1. The van der Waals surface area contributed by atoms with Crippen LogP contribution in [0.4, 0.5) is 0 Å². The second kappa shape index (κ2) is 13.4. The summed E-state index contributed by atoms with van der Waals surface area (Å²) in [5.41, 5.74) is 2.87. The van der Waals surface area contributed by atoms with Crippen molar-refractivity contribution in [3.05, 3.63) is 56.0 Å². The average Bonchev–Trinajstić information content (AvgIpc) is 2.80. The van der Waals surface area contributed by atoms with Gasteiger partial charge in [-0.05, 0) is 17.7 Å². The summed E-state index contributed by atoms with van der Waals surface area (Å²) in [4.78, 5) is 0. The van der Waals surface area contributed by atoms with Gasteiger partial charge in [-0.15, -0.1) is 0 Å². The molecule has 0 unspecified atom stereocenters. The fourth-order valence-electron chi connectivity index (χ4n) is 2.14. The first-order valence-corrected chi connectivity index (χ1v) is 9.82. The largest absolute Gasteiger partial charge is 0 e. The van der Waals surface area contributed by atoms with Gasteiger partial charge in [0.15, 0.2) is 0 Å². The molecule has 0 bridgehead atoms. The van der Waals surface area contributed by atoms with Crippen LogP contribution < -0.4 is 0 Å². The molecule has 1 aromatic heterocycles. The predicted molar refractivity (Wildman–Crippen MR) is 81.8 cm³/mol. The molecule has 0 aliphatic heterocycles. The minimum absolute atomic E-state index is 0. The zero-order valence-corrected chi connectivity index (χ0v) is 15.4. The van der Waals surface area contributed by atoms with Gasteiger partial charge in [-0.2, -0.15) is 0 Å². The van der Waals surface area contributed by atoms with Crippen LogP contribution in [0.15, 0.2) is 30.5 Å². The molecule has 116 valence electrons. The van der Waals surface area contributed by atoms with Crippen LogP contribution in [-0.4, -0.2) is 12.6 Å². The minimum Gasteiger partial charge on any atom is 0 e. The normalized spacial score (nSPS) is 8.64. The Bertz CT molecular complexity index is 595. The molecule has 2 rings (SSSR count). The molecule has 22 heavy (non-hydrogen) atoms. The van der Waals surface area contributed by atoms with E-state index in [1.807, 2.05) is 0 Å². The van der Waals surface area contributed by atoms with E-state index in [-0.39, 0.29) is 17.4 Å². The minimum atomic E-state index is -1.02. The first-order valence-electron chi connectivity index (χ1n) is 6.11. The Balaban J connectivity index is -0.000000463. The molecule has 0 saturated carbocycles. The number of rotatable bonds is 2. The van der Waals surface area contributed by atoms with Gasteiger partial charge in [-0.1, -0.05) is 37.8 Å². The molecule has 6 heteroatoms. The van der Waals surface area contributed by atoms with Crippen molar-refractivity contribution in [1.82, 2.24) is 4.57 Å². The van der Waals surface area contributed by atoms with Crippen molar-refractivity contribution in [2.75, 3.05) is 0 Å². The van der Waals surface area contributed by atoms with E-state index in [1.54, 1.807) is 0 Å². The van der Waals surface area contributed by atoms with Crippen molar-refractivity contribution in [2.45, 2.75) is 25.7 Å². The number of para-hydroxylation sites is 1. The summed E-state index contributed by atoms with van der Waals surface area (Å²) < 4.78 is 24.7. The van der Waals surface area contributed by atoms with Crippen molar-refractivity contribution >= 4 is 19.0 Å². The van der Waals surface area contributed by atoms with E-state index in [2.05, 4.69) is 81.7 Å². The van der Waals surface area contributed by atoms with Crippen LogP contribution >= 0.6 is 0 Å². The number of aromatic nitrogens is 1. The molecule has 0 atom stereocenters. The van der Waals surface area contributed by atoms with Gasteiger partial charge in [0.2, 0.25) is 0 Å². The van der Waals surface area contributed by atoms with Crippen LogP contribution in [0.5, 0.6) is 0 Å². The summed E-state index contributed by atoms with van der Waals surface area (Å²) in [7, 11) is 1.12. The molecule has 0 aliphatic carbocycles. The fraction of sp³-hybridized carbons (Fsp3) is 0.312. The van der Waals surface area contributed by atoms with Gasteiger partial charge in [0.25, 0.3) is 0 Å². The zero-order valence-electron chi connectivity index (χ0n) is 13.2. The smallest absolute Gasteiger partial charge is 0 e. The molecular weight excluding hydrogens is 334 g/mol. The summed E-state index contributed by atoms with van der Waals surface area (Å²) in [5.74, 6) is 0. The molecule has 1 heterocycles. The summed E-state index contributed by atoms with van der Waals surface area (Å²) in [6.45, 7) is 20.8. The molecule has 1 aromatic carbocycles. The van der Waals surface area contributed by atoms with E-state index in [4.69, 9.17) is 14.0 Å². The maximum atomic E-state index is 7.50. The molecule has 0 N–H and O–H groups in total. The molecule has 2 aromatic rings. The van der Waals surface area contributed by atoms with E-state index in [0.29, 0.717) is 0 Å². The van der Waals surface area contributed by atoms with E-state index in [1.165, 1.54) is 22.5 Å². The van der Waals surface area contributed by atoms with Crippen LogP contribution in [0.3, 0.4) is 0 Å². The van der Waals surface area contributed by atoms with Crippen molar-refractivity contribution in [2.24, 2.45) is 7.05 Å². The van der Waals surface area contributed by atoms with Gasteiger partial charge >= 0.3 is 33.9 Å². The number of hydrogen-bond acceptors (Lipinski definition) is 0. The maximum Gasteiger partial charge on any atom is 0 e. The summed E-state index contributed by atoms with van der Waals surface area (Å²) >= 11 is 0. The monoisotopic (exact) mass is 353 g/mol. The van der Waals surface area contributed by atoms with E-state index < -0.39 is 8.07 Å². The van der Waals surface area contributed by atoms with E-state index in [0.717, 1.165) is 0 Å². The third-order valence-electron chi connectivity index (χ3n) is 2.70. The van der Waals surface area contributed by atoms with Gasteiger partial charge in [-0.3, -0.25) is 0 Å². The Labute approximate surface area is 143 Å². The summed E-state index contributed by atoms with van der Waals surface area (Å²) in [6.07, 6.45) is 2.29. The molecule has 0 saturated heterocycles. The molecule has 0 aliphatic rings. The summed E-state index contributed by atoms with van der Waals surface area (Å²) in [6, 6.07) is 9.96. The van der Waals surface area contributed by atoms with Crippen molar-refractivity contribution in [3.8, 4) is 0 Å². The molecule has 0 fully saturated rings. The fourth-order valence-corrected chi connectivity index (χ4v) is 3.56. The second-order valence-electron chi connectivity index (χ2n) is 5.52. The van der Waals surface area contributed by atoms with Crippen LogP contribution in [0.1, 0.15) is 5.56 Å². The molecule has 0 spiro atoms. The zero-order chi connectivity index (χ0) is 17.1. The predicted octanol–water partition coefficient (Wildman–Crippen LogP) is 3.48. The van der Waals surface area contributed by atoms with Crippen molar-refractivity contribution in [1.29, 1.82) is 0 Å². The molecule has 4 nitrogen and oxygen atoms in total. The van der Waals surface area contributed by atoms with Gasteiger partial charge in [-0.25, -0.2) is 0 Å². The van der Waals surface area contributed by atoms with Gasteiger partial charge < -0.3 is 4.57 Å². The van der Waals surface area contributed by atoms with Crippen molar-refractivity contribution < 1.29 is 31.3 Å². The van der Waals surface area contributed by atoms with Gasteiger partial charge in [0, 0.05) is 49.6 Å². The van der Waals surface area contributed by atoms with E-state index in [9.17, 15) is 0 Å². The molecule has 0 radical (unpaired) electrons. The standard InChI is InChI=1S/C13H19NSi.3CO.Cr/c1-14-9-11(10-15(2,3)4)12-7-5-6-8-13(12)14;3*1-2;/h5-9H,10H2,1-4H3;;;;. The first kappa shape index (κ1) is 25.7. The SMILES string of the molecule is Cn1cc(C[Si](C)(C)C)c2ccccc21.[C-]#[O+].[C-]#[O+].[C-]#[O+].[Cr]. The van der Waals surface area contributed by atoms with Crippen LogP contribution in [-0.2, 0) is 44.4 Å². The average molecular weight is 353 g/mol. The Morgan fingerprint density at radius 3 is 1.86 bits per heavy atom. The number of nitrogens with zero attached hydrogens (tertiary/aromatic N) is 1. The number of hydrogen-bond donors (Lipinski definition) is 0. The topological polar surface area (TPSA) is 64.6 Å². The molecular formula is C16H19CrNO3Si. The Morgan fingerprint density at radius 2 is 1.41 bits per heavy atom. The van der Waals surface area contributed by atoms with E-state index >= 15 is 0 Å². The third kappa shape index (κ3) is 8.24. The second-order valence-corrected chi connectivity index (χ2v) is 11.0. The first-order chi connectivity index (χ1) is 9.97. The third-order valence-corrected chi connectivity index (χ3v) is 4.14. The van der Waals surface area contributed by atoms with Gasteiger partial charge in [0.05, 0.1) is 0 Å². The molecule has 0 amide bonds. The Kier molecular flexibility index (Phi) is 15.6. The van der Waals surface area contributed by atoms with Crippen LogP contribution in [0.2, 0.25) is 19.6 Å².